The van der Waals surface area contributed by atoms with Crippen LogP contribution in [0.5, 0.6) is 0 Å². The van der Waals surface area contributed by atoms with E-state index >= 15 is 0 Å². The van der Waals surface area contributed by atoms with Gasteiger partial charge in [0, 0.05) is 32.2 Å². The van der Waals surface area contributed by atoms with Gasteiger partial charge in [-0.1, -0.05) is 0 Å². The monoisotopic (exact) mass is 378 g/mol. The molecule has 9 heteroatoms. The number of ether oxygens (including phenoxy) is 1. The van der Waals surface area contributed by atoms with E-state index in [1.165, 1.54) is 11.2 Å². The van der Waals surface area contributed by atoms with E-state index in [2.05, 4.69) is 0 Å². The maximum atomic E-state index is 13.5. The number of carbonyl (C=O) groups excluding carboxylic acids is 3. The van der Waals surface area contributed by atoms with Gasteiger partial charge in [-0.15, -0.1) is 0 Å². The molecule has 2 heterocycles. The number of carbonyl (C=O) groups is 3. The van der Waals surface area contributed by atoms with Crippen LogP contribution >= 0.6 is 0 Å². The molecular formula is C18H16F2N2O5. The Morgan fingerprint density at radius 2 is 1.74 bits per heavy atom. The number of halogens is 2. The molecule has 0 spiro atoms. The number of benzene rings is 1. The highest BCUT2D eigenvalue weighted by Crippen LogP contribution is 2.12. The normalized spacial score (nSPS) is 14.1. The molecule has 0 unspecified atom stereocenters. The molecule has 0 saturated carbocycles. The van der Waals surface area contributed by atoms with Crippen molar-refractivity contribution in [3.63, 3.8) is 0 Å². The van der Waals surface area contributed by atoms with Crippen LogP contribution in [0.1, 0.15) is 20.9 Å². The summed E-state index contributed by atoms with van der Waals surface area (Å²) in [5, 5.41) is 0. The summed E-state index contributed by atoms with van der Waals surface area (Å²) in [6, 6.07) is 5.63. The number of nitrogens with zero attached hydrogens (tertiary/aromatic N) is 2. The smallest absolute Gasteiger partial charge is 0.341 e. The second kappa shape index (κ2) is 7.98. The number of amides is 2. The molecule has 2 amide bonds. The molecule has 0 N–H and O–H groups in total. The van der Waals surface area contributed by atoms with Gasteiger partial charge in [0.05, 0.1) is 11.8 Å². The van der Waals surface area contributed by atoms with Crippen LogP contribution in [0.2, 0.25) is 0 Å². The Kier molecular flexibility index (Phi) is 5.49. The zero-order valence-corrected chi connectivity index (χ0v) is 14.2. The summed E-state index contributed by atoms with van der Waals surface area (Å²) in [4.78, 5) is 39.1. The first kappa shape index (κ1) is 18.6. The average Bonchev–Trinajstić information content (AvgIpc) is 3.20. The van der Waals surface area contributed by atoms with Crippen molar-refractivity contribution < 1.29 is 32.3 Å². The molecule has 0 atom stereocenters. The minimum atomic E-state index is -1.06. The fraction of sp³-hybridized carbons (Fsp3) is 0.278. The lowest BCUT2D eigenvalue weighted by Crippen LogP contribution is -2.51. The van der Waals surface area contributed by atoms with Crippen LogP contribution in [-0.4, -0.2) is 60.4 Å². The SMILES string of the molecule is O=C(OCC(=O)N1CCN(C(=O)c2ccco2)CC1)c1ccc(F)cc1F. The molecular weight excluding hydrogens is 362 g/mol. The summed E-state index contributed by atoms with van der Waals surface area (Å²) in [6.45, 7) is 0.598. The van der Waals surface area contributed by atoms with Crippen molar-refractivity contribution in [1.82, 2.24) is 9.80 Å². The van der Waals surface area contributed by atoms with Gasteiger partial charge >= 0.3 is 5.97 Å². The van der Waals surface area contributed by atoms with Gasteiger partial charge in [-0.3, -0.25) is 9.59 Å². The standard InChI is InChI=1S/C18H16F2N2O5/c19-12-3-4-13(14(20)10-12)18(25)27-11-16(23)21-5-7-22(8-6-21)17(24)15-2-1-9-26-15/h1-4,9-10H,5-8,11H2. The van der Waals surface area contributed by atoms with Gasteiger partial charge in [0.1, 0.15) is 11.6 Å². The Hall–Kier alpha value is -3.23. The van der Waals surface area contributed by atoms with Crippen LogP contribution in [0.15, 0.2) is 41.0 Å². The molecule has 1 aromatic carbocycles. The number of hydrogen-bond acceptors (Lipinski definition) is 5. The van der Waals surface area contributed by atoms with Crippen LogP contribution in [-0.2, 0) is 9.53 Å². The molecule has 3 rings (SSSR count). The van der Waals surface area contributed by atoms with Gasteiger partial charge in [0.2, 0.25) is 0 Å². The van der Waals surface area contributed by atoms with Crippen LogP contribution in [0.3, 0.4) is 0 Å². The molecule has 1 aromatic heterocycles. The van der Waals surface area contributed by atoms with Gasteiger partial charge in [-0.25, -0.2) is 13.6 Å². The molecule has 0 aliphatic carbocycles. The Labute approximate surface area is 153 Å². The van der Waals surface area contributed by atoms with Crippen molar-refractivity contribution >= 4 is 17.8 Å². The fourth-order valence-corrected chi connectivity index (χ4v) is 2.67. The molecule has 1 fully saturated rings. The molecule has 0 bridgehead atoms. The molecule has 1 aliphatic heterocycles. The molecule has 2 aromatic rings. The number of rotatable bonds is 4. The van der Waals surface area contributed by atoms with Crippen molar-refractivity contribution in [2.75, 3.05) is 32.8 Å². The van der Waals surface area contributed by atoms with Crippen LogP contribution in [0.4, 0.5) is 8.78 Å². The maximum absolute atomic E-state index is 13.5. The lowest BCUT2D eigenvalue weighted by Gasteiger charge is -2.34. The van der Waals surface area contributed by atoms with Crippen molar-refractivity contribution in [3.05, 3.63) is 59.6 Å². The van der Waals surface area contributed by atoms with Gasteiger partial charge in [-0.05, 0) is 24.3 Å². The first-order chi connectivity index (χ1) is 13.0. The third kappa shape index (κ3) is 4.30. The van der Waals surface area contributed by atoms with Gasteiger partial charge in [-0.2, -0.15) is 0 Å². The topological polar surface area (TPSA) is 80.1 Å². The predicted molar refractivity (Wildman–Crippen MR) is 87.8 cm³/mol. The predicted octanol–water partition coefficient (Wildman–Crippen LogP) is 1.70. The lowest BCUT2D eigenvalue weighted by atomic mass is 10.2. The largest absolute Gasteiger partial charge is 0.459 e. The van der Waals surface area contributed by atoms with Crippen molar-refractivity contribution in [2.45, 2.75) is 0 Å². The third-order valence-corrected chi connectivity index (χ3v) is 4.13. The number of piperazine rings is 1. The second-order valence-corrected chi connectivity index (χ2v) is 5.85. The first-order valence-electron chi connectivity index (χ1n) is 8.18. The minimum absolute atomic E-state index is 0.227. The van der Waals surface area contributed by atoms with E-state index in [-0.39, 0.29) is 24.8 Å². The highest BCUT2D eigenvalue weighted by atomic mass is 19.1. The Morgan fingerprint density at radius 1 is 1.04 bits per heavy atom. The Bertz CT molecular complexity index is 845. The average molecular weight is 378 g/mol. The Morgan fingerprint density at radius 3 is 2.37 bits per heavy atom. The van der Waals surface area contributed by atoms with Crippen molar-refractivity contribution in [3.8, 4) is 0 Å². The van der Waals surface area contributed by atoms with Crippen molar-refractivity contribution in [1.29, 1.82) is 0 Å². The number of esters is 1. The van der Waals surface area contributed by atoms with E-state index in [0.717, 1.165) is 12.1 Å². The summed E-state index contributed by atoms with van der Waals surface area (Å²) in [5.74, 6) is -3.42. The quantitative estimate of drug-likeness (QED) is 0.757. The maximum Gasteiger partial charge on any atom is 0.341 e. The number of furan rings is 1. The van der Waals surface area contributed by atoms with Crippen LogP contribution in [0.25, 0.3) is 0 Å². The highest BCUT2D eigenvalue weighted by molar-refractivity contribution is 5.92. The van der Waals surface area contributed by atoms with Crippen LogP contribution in [0, 0.1) is 11.6 Å². The fourth-order valence-electron chi connectivity index (χ4n) is 2.67. The Balaban J connectivity index is 1.48. The summed E-state index contributed by atoms with van der Waals surface area (Å²) >= 11 is 0. The van der Waals surface area contributed by atoms with E-state index in [4.69, 9.17) is 9.15 Å². The zero-order chi connectivity index (χ0) is 19.4. The molecule has 7 nitrogen and oxygen atoms in total. The van der Waals surface area contributed by atoms with E-state index in [1.54, 1.807) is 17.0 Å². The molecule has 0 radical (unpaired) electrons. The van der Waals surface area contributed by atoms with E-state index < -0.39 is 35.7 Å². The summed E-state index contributed by atoms with van der Waals surface area (Å²) in [5.41, 5.74) is -0.446. The zero-order valence-electron chi connectivity index (χ0n) is 14.2. The van der Waals surface area contributed by atoms with Crippen LogP contribution < -0.4 is 0 Å². The highest BCUT2D eigenvalue weighted by Gasteiger charge is 2.26. The summed E-state index contributed by atoms with van der Waals surface area (Å²) < 4.78 is 36.3. The van der Waals surface area contributed by atoms with Gasteiger partial charge < -0.3 is 19.0 Å². The molecule has 1 aliphatic rings. The van der Waals surface area contributed by atoms with E-state index in [9.17, 15) is 23.2 Å². The third-order valence-electron chi connectivity index (χ3n) is 4.13. The molecule has 142 valence electrons. The van der Waals surface area contributed by atoms with Gasteiger partial charge in [0.15, 0.2) is 12.4 Å². The second-order valence-electron chi connectivity index (χ2n) is 5.85. The van der Waals surface area contributed by atoms with Gasteiger partial charge in [0.25, 0.3) is 11.8 Å². The molecule has 27 heavy (non-hydrogen) atoms. The first-order valence-corrected chi connectivity index (χ1v) is 8.18. The minimum Gasteiger partial charge on any atom is -0.459 e. The van der Waals surface area contributed by atoms with Crippen molar-refractivity contribution in [2.24, 2.45) is 0 Å². The lowest BCUT2D eigenvalue weighted by molar-refractivity contribution is -0.136. The summed E-state index contributed by atoms with van der Waals surface area (Å²) in [7, 11) is 0. The number of hydrogen-bond donors (Lipinski definition) is 0. The van der Waals surface area contributed by atoms with E-state index in [0.29, 0.717) is 19.2 Å². The molecule has 1 saturated heterocycles. The van der Waals surface area contributed by atoms with E-state index in [1.807, 2.05) is 0 Å². The summed E-state index contributed by atoms with van der Waals surface area (Å²) in [6.07, 6.45) is 1.41.